The molecule has 0 aliphatic rings. The highest BCUT2D eigenvalue weighted by atomic mass is 19.1. The minimum atomic E-state index is -0.183. The normalized spacial score (nSPS) is 12.9. The number of benzene rings is 1. The van der Waals surface area contributed by atoms with E-state index in [4.69, 9.17) is 10.2 Å². The van der Waals surface area contributed by atoms with Crippen molar-refractivity contribution in [3.05, 3.63) is 58.8 Å². The largest absolute Gasteiger partial charge is 0.469 e. The van der Waals surface area contributed by atoms with Gasteiger partial charge in [0, 0.05) is 24.7 Å². The molecule has 2 aromatic rings. The standard InChI is InChI=1S/C16H21FN2O/c1-11-8-13(4-5-15(11)17)16(9-18)19(3)10-14-6-7-20-12(14)2/h4-8,16H,9-10,18H2,1-3H3. The molecular formula is C16H21FN2O. The minimum Gasteiger partial charge on any atom is -0.469 e. The molecule has 108 valence electrons. The molecule has 3 nitrogen and oxygen atoms in total. The molecule has 20 heavy (non-hydrogen) atoms. The molecule has 4 heteroatoms. The predicted octanol–water partition coefficient (Wildman–Crippen LogP) is 3.17. The number of halogens is 1. The van der Waals surface area contributed by atoms with E-state index in [1.54, 1.807) is 19.3 Å². The maximum Gasteiger partial charge on any atom is 0.126 e. The van der Waals surface area contributed by atoms with Crippen molar-refractivity contribution in [2.24, 2.45) is 5.73 Å². The molecule has 1 heterocycles. The van der Waals surface area contributed by atoms with Crippen LogP contribution in [0.3, 0.4) is 0 Å². The topological polar surface area (TPSA) is 42.4 Å². The number of aryl methyl sites for hydroxylation is 2. The number of hydrogen-bond acceptors (Lipinski definition) is 3. The van der Waals surface area contributed by atoms with Crippen LogP contribution in [0, 0.1) is 19.7 Å². The summed E-state index contributed by atoms with van der Waals surface area (Å²) in [6, 6.07) is 7.20. The van der Waals surface area contributed by atoms with Gasteiger partial charge in [0.2, 0.25) is 0 Å². The molecule has 0 saturated heterocycles. The van der Waals surface area contributed by atoms with E-state index in [0.29, 0.717) is 12.1 Å². The Morgan fingerprint density at radius 1 is 1.30 bits per heavy atom. The lowest BCUT2D eigenvalue weighted by atomic mass is 10.0. The van der Waals surface area contributed by atoms with Crippen molar-refractivity contribution < 1.29 is 8.81 Å². The Bertz CT molecular complexity index is 580. The van der Waals surface area contributed by atoms with E-state index < -0.39 is 0 Å². The van der Waals surface area contributed by atoms with Gasteiger partial charge in [0.1, 0.15) is 11.6 Å². The third kappa shape index (κ3) is 3.08. The first-order chi connectivity index (χ1) is 9.52. The SMILES string of the molecule is Cc1cc(C(CN)N(C)Cc2ccoc2C)ccc1F. The van der Waals surface area contributed by atoms with E-state index in [-0.39, 0.29) is 11.9 Å². The van der Waals surface area contributed by atoms with Gasteiger partial charge >= 0.3 is 0 Å². The molecule has 0 saturated carbocycles. The van der Waals surface area contributed by atoms with E-state index >= 15 is 0 Å². The summed E-state index contributed by atoms with van der Waals surface area (Å²) in [7, 11) is 2.02. The van der Waals surface area contributed by atoms with Gasteiger partial charge in [0.05, 0.1) is 6.26 Å². The van der Waals surface area contributed by atoms with Gasteiger partial charge in [0.15, 0.2) is 0 Å². The summed E-state index contributed by atoms with van der Waals surface area (Å²) in [5.41, 5.74) is 8.73. The van der Waals surface area contributed by atoms with Gasteiger partial charge in [-0.15, -0.1) is 0 Å². The average Bonchev–Trinajstić information content (AvgIpc) is 2.80. The summed E-state index contributed by atoms with van der Waals surface area (Å²) in [6.45, 7) is 4.95. The Labute approximate surface area is 119 Å². The van der Waals surface area contributed by atoms with Gasteiger partial charge in [-0.05, 0) is 44.2 Å². The van der Waals surface area contributed by atoms with E-state index in [2.05, 4.69) is 4.90 Å². The van der Waals surface area contributed by atoms with Crippen LogP contribution in [0.15, 0.2) is 34.9 Å². The molecule has 0 fully saturated rings. The lowest BCUT2D eigenvalue weighted by Crippen LogP contribution is -2.30. The quantitative estimate of drug-likeness (QED) is 0.912. The highest BCUT2D eigenvalue weighted by Crippen LogP contribution is 2.23. The molecule has 0 bridgehead atoms. The Morgan fingerprint density at radius 2 is 2.05 bits per heavy atom. The molecule has 1 aromatic carbocycles. The first-order valence-corrected chi connectivity index (χ1v) is 6.72. The molecule has 0 spiro atoms. The van der Waals surface area contributed by atoms with Gasteiger partial charge in [-0.3, -0.25) is 4.90 Å². The number of nitrogens with zero attached hydrogens (tertiary/aromatic N) is 1. The second-order valence-corrected chi connectivity index (χ2v) is 5.18. The summed E-state index contributed by atoms with van der Waals surface area (Å²) in [6.07, 6.45) is 1.69. The molecule has 1 aromatic heterocycles. The highest BCUT2D eigenvalue weighted by Gasteiger charge is 2.17. The van der Waals surface area contributed by atoms with Crippen molar-refractivity contribution in [2.75, 3.05) is 13.6 Å². The monoisotopic (exact) mass is 276 g/mol. The van der Waals surface area contributed by atoms with Crippen molar-refractivity contribution in [1.29, 1.82) is 0 Å². The van der Waals surface area contributed by atoms with E-state index in [0.717, 1.165) is 23.4 Å². The highest BCUT2D eigenvalue weighted by molar-refractivity contribution is 5.27. The smallest absolute Gasteiger partial charge is 0.126 e. The van der Waals surface area contributed by atoms with Gasteiger partial charge in [-0.1, -0.05) is 12.1 Å². The van der Waals surface area contributed by atoms with Crippen LogP contribution in [0.2, 0.25) is 0 Å². The fraction of sp³-hybridized carbons (Fsp3) is 0.375. The molecule has 0 aliphatic carbocycles. The summed E-state index contributed by atoms with van der Waals surface area (Å²) in [4.78, 5) is 2.16. The van der Waals surface area contributed by atoms with Crippen LogP contribution in [0.25, 0.3) is 0 Å². The molecule has 0 aliphatic heterocycles. The van der Waals surface area contributed by atoms with E-state index in [1.807, 2.05) is 26.1 Å². The Kier molecular flexibility index (Phi) is 4.57. The fourth-order valence-electron chi connectivity index (χ4n) is 2.40. The number of furan rings is 1. The molecule has 1 atom stereocenters. The Morgan fingerprint density at radius 3 is 2.60 bits per heavy atom. The van der Waals surface area contributed by atoms with Crippen molar-refractivity contribution in [2.45, 2.75) is 26.4 Å². The molecule has 0 radical (unpaired) electrons. The molecule has 2 N–H and O–H groups in total. The first-order valence-electron chi connectivity index (χ1n) is 6.72. The van der Waals surface area contributed by atoms with Crippen LogP contribution in [0.1, 0.15) is 28.5 Å². The van der Waals surface area contributed by atoms with Gasteiger partial charge in [0.25, 0.3) is 0 Å². The second kappa shape index (κ2) is 6.20. The fourth-order valence-corrected chi connectivity index (χ4v) is 2.40. The van der Waals surface area contributed by atoms with Crippen molar-refractivity contribution in [3.8, 4) is 0 Å². The molecule has 2 rings (SSSR count). The van der Waals surface area contributed by atoms with Crippen LogP contribution in [0.5, 0.6) is 0 Å². The van der Waals surface area contributed by atoms with Crippen molar-refractivity contribution >= 4 is 0 Å². The Balaban J connectivity index is 2.18. The molecule has 1 unspecified atom stereocenters. The van der Waals surface area contributed by atoms with Gasteiger partial charge in [-0.2, -0.15) is 0 Å². The van der Waals surface area contributed by atoms with Crippen LogP contribution in [-0.4, -0.2) is 18.5 Å². The second-order valence-electron chi connectivity index (χ2n) is 5.18. The molecular weight excluding hydrogens is 255 g/mol. The van der Waals surface area contributed by atoms with E-state index in [1.165, 1.54) is 6.07 Å². The minimum absolute atomic E-state index is 0.0589. The van der Waals surface area contributed by atoms with Crippen LogP contribution in [-0.2, 0) is 6.54 Å². The third-order valence-electron chi connectivity index (χ3n) is 3.71. The number of nitrogens with two attached hydrogens (primary N) is 1. The zero-order valence-corrected chi connectivity index (χ0v) is 12.2. The van der Waals surface area contributed by atoms with Crippen LogP contribution < -0.4 is 5.73 Å². The first kappa shape index (κ1) is 14.8. The van der Waals surface area contributed by atoms with E-state index in [9.17, 15) is 4.39 Å². The van der Waals surface area contributed by atoms with Crippen molar-refractivity contribution in [1.82, 2.24) is 4.90 Å². The predicted molar refractivity (Wildman–Crippen MR) is 77.8 cm³/mol. The van der Waals surface area contributed by atoms with Gasteiger partial charge < -0.3 is 10.2 Å². The molecule has 0 amide bonds. The maximum absolute atomic E-state index is 13.4. The van der Waals surface area contributed by atoms with Crippen LogP contribution in [0.4, 0.5) is 4.39 Å². The third-order valence-corrected chi connectivity index (χ3v) is 3.71. The van der Waals surface area contributed by atoms with Gasteiger partial charge in [-0.25, -0.2) is 4.39 Å². The Hall–Kier alpha value is -1.65. The van der Waals surface area contributed by atoms with Crippen LogP contribution >= 0.6 is 0 Å². The zero-order chi connectivity index (χ0) is 14.7. The lowest BCUT2D eigenvalue weighted by Gasteiger charge is -2.27. The summed E-state index contributed by atoms with van der Waals surface area (Å²) in [5.74, 6) is 0.737. The summed E-state index contributed by atoms with van der Waals surface area (Å²) >= 11 is 0. The lowest BCUT2D eigenvalue weighted by molar-refractivity contribution is 0.240. The number of likely N-dealkylation sites (N-methyl/N-ethyl adjacent to an activating group) is 1. The van der Waals surface area contributed by atoms with Crippen molar-refractivity contribution in [3.63, 3.8) is 0 Å². The number of hydrogen-bond donors (Lipinski definition) is 1. The zero-order valence-electron chi connectivity index (χ0n) is 12.2. The summed E-state index contributed by atoms with van der Waals surface area (Å²) < 4.78 is 18.7. The number of rotatable bonds is 5. The maximum atomic E-state index is 13.4. The summed E-state index contributed by atoms with van der Waals surface area (Å²) in [5, 5.41) is 0. The average molecular weight is 276 g/mol.